The van der Waals surface area contributed by atoms with E-state index >= 15 is 0 Å². The van der Waals surface area contributed by atoms with Gasteiger partial charge in [0.15, 0.2) is 5.82 Å². The summed E-state index contributed by atoms with van der Waals surface area (Å²) in [6.07, 6.45) is 0. The number of nitrogens with zero attached hydrogens (tertiary/aromatic N) is 2. The van der Waals surface area contributed by atoms with Gasteiger partial charge in [-0.2, -0.15) is 4.98 Å². The molecule has 1 amide bonds. The number of methoxy groups -OCH3 is 1. The number of nitrogens with one attached hydrogen (secondary N) is 1. The number of esters is 1. The van der Waals surface area contributed by atoms with Crippen molar-refractivity contribution in [2.45, 2.75) is 6.92 Å². The molecule has 7 heteroatoms. The van der Waals surface area contributed by atoms with Crippen LogP contribution in [0.5, 0.6) is 0 Å². The molecule has 126 valence electrons. The van der Waals surface area contributed by atoms with Crippen LogP contribution in [0, 0.1) is 6.92 Å². The molecule has 0 aliphatic heterocycles. The zero-order valence-electron chi connectivity index (χ0n) is 13.6. The quantitative estimate of drug-likeness (QED) is 0.735. The van der Waals surface area contributed by atoms with E-state index in [0.29, 0.717) is 28.5 Å². The molecule has 3 rings (SSSR count). The van der Waals surface area contributed by atoms with Crippen LogP contribution in [0.1, 0.15) is 26.5 Å². The largest absolute Gasteiger partial charge is 0.465 e. The van der Waals surface area contributed by atoms with Crippen molar-refractivity contribution in [1.29, 1.82) is 0 Å². The molecule has 0 radical (unpaired) electrons. The van der Waals surface area contributed by atoms with E-state index in [1.165, 1.54) is 7.11 Å². The number of anilines is 1. The van der Waals surface area contributed by atoms with Gasteiger partial charge in [-0.15, -0.1) is 0 Å². The molecule has 0 spiro atoms. The second kappa shape index (κ2) is 6.96. The van der Waals surface area contributed by atoms with Gasteiger partial charge in [0.2, 0.25) is 0 Å². The first-order chi connectivity index (χ1) is 12.1. The lowest BCUT2D eigenvalue weighted by atomic mass is 10.1. The Kier molecular flexibility index (Phi) is 4.56. The number of carbonyl (C=O) groups excluding carboxylic acids is 2. The fraction of sp³-hybridized carbons (Fsp3) is 0.111. The molecule has 7 nitrogen and oxygen atoms in total. The Morgan fingerprint density at radius 2 is 1.84 bits per heavy atom. The molecule has 0 aliphatic rings. The number of amides is 1. The summed E-state index contributed by atoms with van der Waals surface area (Å²) in [6.45, 7) is 1.73. The van der Waals surface area contributed by atoms with Gasteiger partial charge >= 0.3 is 5.97 Å². The van der Waals surface area contributed by atoms with Gasteiger partial charge in [-0.05, 0) is 49.4 Å². The molecular formula is C18H15N3O4. The first kappa shape index (κ1) is 16.4. The second-order valence-electron chi connectivity index (χ2n) is 5.25. The van der Waals surface area contributed by atoms with E-state index < -0.39 is 5.97 Å². The maximum absolute atomic E-state index is 12.3. The van der Waals surface area contributed by atoms with Crippen LogP contribution in [0.2, 0.25) is 0 Å². The first-order valence-corrected chi connectivity index (χ1v) is 7.47. The number of hydrogen-bond donors (Lipinski definition) is 1. The predicted molar refractivity (Wildman–Crippen MR) is 90.2 cm³/mol. The van der Waals surface area contributed by atoms with Crippen LogP contribution in [0.25, 0.3) is 11.5 Å². The number of aryl methyl sites for hydroxylation is 1. The lowest BCUT2D eigenvalue weighted by Gasteiger charge is -2.07. The van der Waals surface area contributed by atoms with E-state index in [2.05, 4.69) is 20.2 Å². The molecule has 0 saturated carbocycles. The highest BCUT2D eigenvalue weighted by Gasteiger charge is 2.11. The summed E-state index contributed by atoms with van der Waals surface area (Å²) in [7, 11) is 1.31. The highest BCUT2D eigenvalue weighted by atomic mass is 16.5. The lowest BCUT2D eigenvalue weighted by molar-refractivity contribution is 0.0600. The average molecular weight is 337 g/mol. The number of carbonyl (C=O) groups is 2. The van der Waals surface area contributed by atoms with Gasteiger partial charge in [0.05, 0.1) is 12.7 Å². The monoisotopic (exact) mass is 337 g/mol. The third kappa shape index (κ3) is 3.72. The number of ether oxygens (including phenoxy) is 1. The topological polar surface area (TPSA) is 94.3 Å². The fourth-order valence-electron chi connectivity index (χ4n) is 2.22. The van der Waals surface area contributed by atoms with Crippen LogP contribution in [0.15, 0.2) is 53.1 Å². The van der Waals surface area contributed by atoms with Crippen LogP contribution in [0.4, 0.5) is 5.69 Å². The van der Waals surface area contributed by atoms with Gasteiger partial charge in [0.1, 0.15) is 0 Å². The molecule has 0 saturated heterocycles. The van der Waals surface area contributed by atoms with Crippen molar-refractivity contribution in [3.05, 3.63) is 65.5 Å². The molecule has 0 bridgehead atoms. The summed E-state index contributed by atoms with van der Waals surface area (Å²) in [4.78, 5) is 28.0. The second-order valence-corrected chi connectivity index (χ2v) is 5.25. The highest BCUT2D eigenvalue weighted by Crippen LogP contribution is 2.19. The molecule has 0 fully saturated rings. The molecule has 0 aliphatic carbocycles. The summed E-state index contributed by atoms with van der Waals surface area (Å²) in [5.74, 6) is 0.183. The van der Waals surface area contributed by atoms with Crippen LogP contribution in [0.3, 0.4) is 0 Å². The highest BCUT2D eigenvalue weighted by molar-refractivity contribution is 6.05. The van der Waals surface area contributed by atoms with Crippen LogP contribution < -0.4 is 5.32 Å². The van der Waals surface area contributed by atoms with Crippen molar-refractivity contribution in [1.82, 2.24) is 10.1 Å². The number of hydrogen-bond acceptors (Lipinski definition) is 6. The predicted octanol–water partition coefficient (Wildman–Crippen LogP) is 3.08. The summed E-state index contributed by atoms with van der Waals surface area (Å²) in [6, 6.07) is 13.3. The molecular weight excluding hydrogens is 322 g/mol. The number of aromatic nitrogens is 2. The molecule has 1 N–H and O–H groups in total. The molecule has 25 heavy (non-hydrogen) atoms. The average Bonchev–Trinajstić information content (AvgIpc) is 3.07. The summed E-state index contributed by atoms with van der Waals surface area (Å²) < 4.78 is 9.75. The zero-order chi connectivity index (χ0) is 17.8. The maximum atomic E-state index is 12.3. The minimum Gasteiger partial charge on any atom is -0.465 e. The first-order valence-electron chi connectivity index (χ1n) is 7.47. The number of rotatable bonds is 4. The third-order valence-electron chi connectivity index (χ3n) is 3.46. The minimum absolute atomic E-state index is 0.296. The summed E-state index contributed by atoms with van der Waals surface area (Å²) >= 11 is 0. The van der Waals surface area contributed by atoms with Gasteiger partial charge < -0.3 is 14.6 Å². The Balaban J connectivity index is 1.74. The van der Waals surface area contributed by atoms with Crippen molar-refractivity contribution in [2.75, 3.05) is 12.4 Å². The summed E-state index contributed by atoms with van der Waals surface area (Å²) in [5.41, 5.74) is 2.06. The van der Waals surface area contributed by atoms with Crippen molar-refractivity contribution in [2.24, 2.45) is 0 Å². The Hall–Kier alpha value is -3.48. The number of benzene rings is 2. The molecule has 3 aromatic rings. The van der Waals surface area contributed by atoms with Crippen molar-refractivity contribution < 1.29 is 18.8 Å². The molecule has 1 aromatic heterocycles. The fourth-order valence-corrected chi connectivity index (χ4v) is 2.22. The molecule has 0 atom stereocenters. The molecule has 1 heterocycles. The molecule has 2 aromatic carbocycles. The van der Waals surface area contributed by atoms with E-state index in [0.717, 1.165) is 5.56 Å². The van der Waals surface area contributed by atoms with Gasteiger partial charge in [-0.1, -0.05) is 11.2 Å². The lowest BCUT2D eigenvalue weighted by Crippen LogP contribution is -2.12. The summed E-state index contributed by atoms with van der Waals surface area (Å²) in [5, 5.41) is 6.48. The van der Waals surface area contributed by atoms with E-state index in [1.807, 2.05) is 0 Å². The van der Waals surface area contributed by atoms with Crippen LogP contribution in [-0.2, 0) is 4.74 Å². The Morgan fingerprint density at radius 1 is 1.08 bits per heavy atom. The Labute approximate surface area is 143 Å². The van der Waals surface area contributed by atoms with Crippen molar-refractivity contribution >= 4 is 17.6 Å². The van der Waals surface area contributed by atoms with E-state index in [9.17, 15) is 9.59 Å². The maximum Gasteiger partial charge on any atom is 0.337 e. The van der Waals surface area contributed by atoms with E-state index in [1.54, 1.807) is 55.5 Å². The Bertz CT molecular complexity index is 916. The van der Waals surface area contributed by atoms with Gasteiger partial charge in [0, 0.05) is 16.8 Å². The van der Waals surface area contributed by atoms with Gasteiger partial charge in [-0.3, -0.25) is 4.79 Å². The van der Waals surface area contributed by atoms with E-state index in [-0.39, 0.29) is 5.91 Å². The minimum atomic E-state index is -0.463. The normalized spacial score (nSPS) is 10.3. The third-order valence-corrected chi connectivity index (χ3v) is 3.46. The zero-order valence-corrected chi connectivity index (χ0v) is 13.6. The Morgan fingerprint density at radius 3 is 2.48 bits per heavy atom. The van der Waals surface area contributed by atoms with Crippen LogP contribution in [-0.4, -0.2) is 29.1 Å². The van der Waals surface area contributed by atoms with Crippen molar-refractivity contribution in [3.8, 4) is 11.5 Å². The SMILES string of the molecule is COC(=O)c1cccc(NC(=O)c2ccc(-c3nc(C)no3)cc2)c1. The molecule has 0 unspecified atom stereocenters. The van der Waals surface area contributed by atoms with Gasteiger partial charge in [-0.25, -0.2) is 4.79 Å². The smallest absolute Gasteiger partial charge is 0.337 e. The van der Waals surface area contributed by atoms with E-state index in [4.69, 9.17) is 4.52 Å². The van der Waals surface area contributed by atoms with Crippen LogP contribution >= 0.6 is 0 Å². The van der Waals surface area contributed by atoms with Crippen molar-refractivity contribution in [3.63, 3.8) is 0 Å². The van der Waals surface area contributed by atoms with Gasteiger partial charge in [0.25, 0.3) is 11.8 Å². The standard InChI is InChI=1S/C18H15N3O4/c1-11-19-17(25-21-11)13-8-6-12(7-9-13)16(22)20-15-5-3-4-14(10-15)18(23)24-2/h3-10H,1-2H3,(H,20,22).